The first-order valence-corrected chi connectivity index (χ1v) is 8.64. The van der Waals surface area contributed by atoms with E-state index in [2.05, 4.69) is 5.32 Å². The standard InChI is InChI=1S/C21H20N2O4/c1-3-27-20(25)18-16(19(24)15-12-8-5-9-13-15)17(22-21(26)23(18)2)14-10-6-4-7-11-14/h4-13,17H,3H2,1-2H3,(H,22,26). The lowest BCUT2D eigenvalue weighted by Crippen LogP contribution is -2.48. The van der Waals surface area contributed by atoms with Crippen LogP contribution >= 0.6 is 0 Å². The van der Waals surface area contributed by atoms with Crippen LogP contribution in [0, 0.1) is 0 Å². The van der Waals surface area contributed by atoms with E-state index in [1.165, 1.54) is 7.05 Å². The molecule has 0 saturated heterocycles. The second-order valence-electron chi connectivity index (χ2n) is 6.03. The van der Waals surface area contributed by atoms with Gasteiger partial charge in [0, 0.05) is 12.6 Å². The molecule has 1 heterocycles. The largest absolute Gasteiger partial charge is 0.461 e. The molecule has 0 aliphatic carbocycles. The highest BCUT2D eigenvalue weighted by molar-refractivity contribution is 6.15. The van der Waals surface area contributed by atoms with E-state index in [1.807, 2.05) is 18.2 Å². The third-order valence-electron chi connectivity index (χ3n) is 4.33. The third kappa shape index (κ3) is 3.60. The predicted octanol–water partition coefficient (Wildman–Crippen LogP) is 3.08. The molecule has 2 aromatic rings. The molecule has 1 N–H and O–H groups in total. The Morgan fingerprint density at radius 1 is 1.04 bits per heavy atom. The molecule has 27 heavy (non-hydrogen) atoms. The number of rotatable bonds is 5. The topological polar surface area (TPSA) is 75.7 Å². The van der Waals surface area contributed by atoms with Crippen molar-refractivity contribution in [1.29, 1.82) is 0 Å². The summed E-state index contributed by atoms with van der Waals surface area (Å²) in [6.45, 7) is 1.81. The number of carbonyl (C=O) groups is 3. The fourth-order valence-electron chi connectivity index (χ4n) is 3.04. The van der Waals surface area contributed by atoms with Gasteiger partial charge in [-0.15, -0.1) is 0 Å². The number of amides is 2. The number of Topliss-reactive ketones (excluding diaryl/α,β-unsaturated/α-hetero) is 1. The van der Waals surface area contributed by atoms with Gasteiger partial charge in [-0.1, -0.05) is 60.7 Å². The molecule has 3 rings (SSSR count). The number of urea groups is 1. The van der Waals surface area contributed by atoms with Crippen molar-refractivity contribution in [3.8, 4) is 0 Å². The Bertz CT molecular complexity index is 891. The van der Waals surface area contributed by atoms with E-state index in [4.69, 9.17) is 4.74 Å². The number of hydrogen-bond acceptors (Lipinski definition) is 4. The minimum absolute atomic E-state index is 0.0386. The molecule has 0 aromatic heterocycles. The molecule has 1 aliphatic heterocycles. The highest BCUT2D eigenvalue weighted by atomic mass is 16.5. The Kier molecular flexibility index (Phi) is 5.35. The van der Waals surface area contributed by atoms with Gasteiger partial charge in [0.25, 0.3) is 0 Å². The maximum atomic E-state index is 13.3. The molecule has 6 heteroatoms. The van der Waals surface area contributed by atoms with E-state index in [1.54, 1.807) is 49.4 Å². The number of carbonyl (C=O) groups excluding carboxylic acids is 3. The third-order valence-corrected chi connectivity index (χ3v) is 4.33. The number of ether oxygens (including phenoxy) is 1. The first-order valence-electron chi connectivity index (χ1n) is 8.64. The van der Waals surface area contributed by atoms with Gasteiger partial charge in [0.15, 0.2) is 5.78 Å². The number of esters is 1. The first-order chi connectivity index (χ1) is 13.0. The highest BCUT2D eigenvalue weighted by Gasteiger charge is 2.39. The van der Waals surface area contributed by atoms with Crippen LogP contribution in [0.3, 0.4) is 0 Å². The molecular formula is C21H20N2O4. The lowest BCUT2D eigenvalue weighted by atomic mass is 9.89. The van der Waals surface area contributed by atoms with Crippen LogP contribution in [0.25, 0.3) is 0 Å². The summed E-state index contributed by atoms with van der Waals surface area (Å²) in [4.78, 5) is 39.5. The fourth-order valence-corrected chi connectivity index (χ4v) is 3.04. The minimum Gasteiger partial charge on any atom is -0.461 e. The number of ketones is 1. The van der Waals surface area contributed by atoms with E-state index in [9.17, 15) is 14.4 Å². The van der Waals surface area contributed by atoms with Crippen LogP contribution in [-0.2, 0) is 9.53 Å². The Morgan fingerprint density at radius 2 is 1.63 bits per heavy atom. The van der Waals surface area contributed by atoms with Crippen molar-refractivity contribution in [3.05, 3.63) is 83.1 Å². The normalized spacial score (nSPS) is 16.7. The number of nitrogens with zero attached hydrogens (tertiary/aromatic N) is 1. The van der Waals surface area contributed by atoms with E-state index in [-0.39, 0.29) is 23.7 Å². The van der Waals surface area contributed by atoms with Gasteiger partial charge in [-0.3, -0.25) is 9.69 Å². The maximum Gasteiger partial charge on any atom is 0.355 e. The summed E-state index contributed by atoms with van der Waals surface area (Å²) in [6.07, 6.45) is 0. The fraction of sp³-hybridized carbons (Fsp3) is 0.190. The Balaban J connectivity index is 2.22. The molecule has 0 radical (unpaired) electrons. The van der Waals surface area contributed by atoms with Crippen molar-refractivity contribution in [2.75, 3.05) is 13.7 Å². The molecule has 1 aliphatic rings. The lowest BCUT2D eigenvalue weighted by Gasteiger charge is -2.33. The monoisotopic (exact) mass is 364 g/mol. The second kappa shape index (κ2) is 7.86. The summed E-state index contributed by atoms with van der Waals surface area (Å²) < 4.78 is 5.13. The molecule has 138 valence electrons. The summed E-state index contributed by atoms with van der Waals surface area (Å²) in [6, 6.07) is 16.5. The van der Waals surface area contributed by atoms with Crippen molar-refractivity contribution >= 4 is 17.8 Å². The molecule has 1 atom stereocenters. The molecule has 1 unspecified atom stereocenters. The van der Waals surface area contributed by atoms with E-state index in [0.29, 0.717) is 11.1 Å². The zero-order valence-electron chi connectivity index (χ0n) is 15.1. The summed E-state index contributed by atoms with van der Waals surface area (Å²) in [5.41, 5.74) is 1.29. The molecular weight excluding hydrogens is 344 g/mol. The van der Waals surface area contributed by atoms with Crippen LogP contribution < -0.4 is 5.32 Å². The molecule has 0 fully saturated rings. The first kappa shape index (κ1) is 18.4. The highest BCUT2D eigenvalue weighted by Crippen LogP contribution is 2.32. The summed E-state index contributed by atoms with van der Waals surface area (Å²) >= 11 is 0. The van der Waals surface area contributed by atoms with Gasteiger partial charge in [-0.05, 0) is 12.5 Å². The Morgan fingerprint density at radius 3 is 2.22 bits per heavy atom. The van der Waals surface area contributed by atoms with Crippen LogP contribution in [0.2, 0.25) is 0 Å². The number of likely N-dealkylation sites (N-methyl/N-ethyl adjacent to an activating group) is 1. The molecule has 0 spiro atoms. The van der Waals surface area contributed by atoms with Gasteiger partial charge in [-0.2, -0.15) is 0 Å². The van der Waals surface area contributed by atoms with Crippen molar-refractivity contribution in [1.82, 2.24) is 10.2 Å². The van der Waals surface area contributed by atoms with Gasteiger partial charge < -0.3 is 10.1 Å². The minimum atomic E-state index is -0.748. The maximum absolute atomic E-state index is 13.3. The van der Waals surface area contributed by atoms with Crippen molar-refractivity contribution in [2.45, 2.75) is 13.0 Å². The Hall–Kier alpha value is -3.41. The van der Waals surface area contributed by atoms with Crippen LogP contribution in [0.1, 0.15) is 28.9 Å². The number of benzene rings is 2. The van der Waals surface area contributed by atoms with Gasteiger partial charge in [0.1, 0.15) is 5.70 Å². The van der Waals surface area contributed by atoms with Crippen molar-refractivity contribution in [2.24, 2.45) is 0 Å². The van der Waals surface area contributed by atoms with Crippen LogP contribution in [0.4, 0.5) is 4.79 Å². The average molecular weight is 364 g/mol. The SMILES string of the molecule is CCOC(=O)C1=C(C(=O)c2ccccc2)C(c2ccccc2)NC(=O)N1C. The van der Waals surface area contributed by atoms with Crippen molar-refractivity contribution in [3.63, 3.8) is 0 Å². The van der Waals surface area contributed by atoms with Crippen LogP contribution in [-0.4, -0.2) is 36.3 Å². The molecule has 6 nitrogen and oxygen atoms in total. The Labute approximate surface area is 157 Å². The molecule has 0 bridgehead atoms. The molecule has 2 aromatic carbocycles. The van der Waals surface area contributed by atoms with Crippen LogP contribution in [0.15, 0.2) is 71.9 Å². The van der Waals surface area contributed by atoms with Crippen molar-refractivity contribution < 1.29 is 19.1 Å². The number of hydrogen-bond donors (Lipinski definition) is 1. The summed E-state index contributed by atoms with van der Waals surface area (Å²) in [5, 5.41) is 2.81. The van der Waals surface area contributed by atoms with Gasteiger partial charge >= 0.3 is 12.0 Å². The van der Waals surface area contributed by atoms with Gasteiger partial charge in [0.2, 0.25) is 0 Å². The molecule has 2 amide bonds. The predicted molar refractivity (Wildman–Crippen MR) is 99.9 cm³/mol. The zero-order valence-corrected chi connectivity index (χ0v) is 15.1. The van der Waals surface area contributed by atoms with E-state index < -0.39 is 18.0 Å². The van der Waals surface area contributed by atoms with E-state index in [0.717, 1.165) is 4.90 Å². The van der Waals surface area contributed by atoms with Gasteiger partial charge in [-0.25, -0.2) is 9.59 Å². The van der Waals surface area contributed by atoms with Gasteiger partial charge in [0.05, 0.1) is 18.2 Å². The average Bonchev–Trinajstić information content (AvgIpc) is 2.70. The zero-order chi connectivity index (χ0) is 19.4. The molecule has 0 saturated carbocycles. The summed E-state index contributed by atoms with van der Waals surface area (Å²) in [7, 11) is 1.45. The second-order valence-corrected chi connectivity index (χ2v) is 6.03. The quantitative estimate of drug-likeness (QED) is 0.653. The lowest BCUT2D eigenvalue weighted by molar-refractivity contribution is -0.140. The number of nitrogens with one attached hydrogen (secondary N) is 1. The smallest absolute Gasteiger partial charge is 0.355 e. The summed E-state index contributed by atoms with van der Waals surface area (Å²) in [5.74, 6) is -1.03. The van der Waals surface area contributed by atoms with Crippen LogP contribution in [0.5, 0.6) is 0 Å². The van der Waals surface area contributed by atoms with E-state index >= 15 is 0 Å².